The van der Waals surface area contributed by atoms with Crippen LogP contribution in [0.5, 0.6) is 0 Å². The van der Waals surface area contributed by atoms with Crippen LogP contribution in [0.1, 0.15) is 37.3 Å². The maximum absolute atomic E-state index is 5.53. The molecule has 0 aliphatic carbocycles. The molecular formula is C13H21N3. The minimum Gasteiger partial charge on any atom is -0.330 e. The highest BCUT2D eigenvalue weighted by atomic mass is 15.2. The van der Waals surface area contributed by atoms with E-state index in [1.165, 1.54) is 37.9 Å². The molecule has 0 amide bonds. The van der Waals surface area contributed by atoms with Crippen molar-refractivity contribution in [1.82, 2.24) is 9.88 Å². The van der Waals surface area contributed by atoms with Crippen molar-refractivity contribution in [1.29, 1.82) is 0 Å². The van der Waals surface area contributed by atoms with E-state index >= 15 is 0 Å². The molecule has 0 radical (unpaired) electrons. The molecule has 3 heteroatoms. The number of aromatic nitrogens is 1. The van der Waals surface area contributed by atoms with E-state index in [0.29, 0.717) is 6.04 Å². The molecule has 1 aromatic rings. The summed E-state index contributed by atoms with van der Waals surface area (Å²) < 4.78 is 0. The largest absolute Gasteiger partial charge is 0.330 e. The lowest BCUT2D eigenvalue weighted by atomic mass is 10.1. The summed E-state index contributed by atoms with van der Waals surface area (Å²) in [4.78, 5) is 6.67. The molecule has 88 valence electrons. The summed E-state index contributed by atoms with van der Waals surface area (Å²) in [6, 6.07) is 4.90. The third kappa shape index (κ3) is 2.80. The van der Waals surface area contributed by atoms with Crippen molar-refractivity contribution in [3.8, 4) is 0 Å². The van der Waals surface area contributed by atoms with Gasteiger partial charge in [-0.3, -0.25) is 9.88 Å². The van der Waals surface area contributed by atoms with E-state index in [9.17, 15) is 0 Å². The molecule has 2 N–H and O–H groups in total. The van der Waals surface area contributed by atoms with Crippen molar-refractivity contribution in [2.24, 2.45) is 5.73 Å². The Morgan fingerprint density at radius 2 is 2.12 bits per heavy atom. The first-order valence-corrected chi connectivity index (χ1v) is 6.26. The van der Waals surface area contributed by atoms with Crippen molar-refractivity contribution >= 4 is 0 Å². The molecule has 16 heavy (non-hydrogen) atoms. The Hall–Kier alpha value is -0.930. The van der Waals surface area contributed by atoms with Gasteiger partial charge in [0.1, 0.15) is 0 Å². The smallest absolute Gasteiger partial charge is 0.0349 e. The van der Waals surface area contributed by atoms with Crippen LogP contribution >= 0.6 is 0 Å². The third-order valence-corrected chi connectivity index (χ3v) is 3.35. The molecular weight excluding hydrogens is 198 g/mol. The number of likely N-dealkylation sites (tertiary alicyclic amines) is 1. The van der Waals surface area contributed by atoms with E-state index in [-0.39, 0.29) is 0 Å². The van der Waals surface area contributed by atoms with Gasteiger partial charge in [-0.15, -0.1) is 0 Å². The second-order valence-corrected chi connectivity index (χ2v) is 4.47. The van der Waals surface area contributed by atoms with Gasteiger partial charge in [-0.05, 0) is 63.0 Å². The summed E-state index contributed by atoms with van der Waals surface area (Å²) in [5.41, 5.74) is 6.95. The molecule has 1 aromatic heterocycles. The van der Waals surface area contributed by atoms with Crippen LogP contribution < -0.4 is 5.73 Å². The van der Waals surface area contributed by atoms with Gasteiger partial charge in [-0.2, -0.15) is 0 Å². The summed E-state index contributed by atoms with van der Waals surface area (Å²) in [6.45, 7) is 3.23. The molecule has 0 aromatic carbocycles. The fourth-order valence-electron chi connectivity index (χ4n) is 2.52. The Morgan fingerprint density at radius 3 is 2.88 bits per heavy atom. The number of unbranched alkanes of at least 4 members (excludes halogenated alkanes) is 1. The highest BCUT2D eigenvalue weighted by Gasteiger charge is 2.24. The minimum atomic E-state index is 0.612. The molecule has 2 heterocycles. The minimum absolute atomic E-state index is 0.612. The van der Waals surface area contributed by atoms with Crippen LogP contribution in [0.25, 0.3) is 0 Å². The van der Waals surface area contributed by atoms with Crippen molar-refractivity contribution in [3.63, 3.8) is 0 Å². The molecule has 3 nitrogen and oxygen atoms in total. The first-order chi connectivity index (χ1) is 7.92. The first-order valence-electron chi connectivity index (χ1n) is 6.26. The van der Waals surface area contributed by atoms with Gasteiger partial charge in [0, 0.05) is 18.4 Å². The zero-order chi connectivity index (χ0) is 11.2. The van der Waals surface area contributed by atoms with Crippen molar-refractivity contribution < 1.29 is 0 Å². The number of nitrogens with two attached hydrogens (primary N) is 1. The van der Waals surface area contributed by atoms with E-state index in [0.717, 1.165) is 13.0 Å². The van der Waals surface area contributed by atoms with Gasteiger partial charge < -0.3 is 5.73 Å². The van der Waals surface area contributed by atoms with Crippen molar-refractivity contribution in [2.75, 3.05) is 19.6 Å². The SMILES string of the molecule is NCCCCN1CCCC1c1ccncc1. The molecule has 2 rings (SSSR count). The summed E-state index contributed by atoms with van der Waals surface area (Å²) >= 11 is 0. The van der Waals surface area contributed by atoms with Gasteiger partial charge in [0.05, 0.1) is 0 Å². The Morgan fingerprint density at radius 1 is 1.31 bits per heavy atom. The van der Waals surface area contributed by atoms with E-state index in [1.54, 1.807) is 0 Å². The average Bonchev–Trinajstić information content (AvgIpc) is 2.79. The molecule has 1 fully saturated rings. The summed E-state index contributed by atoms with van der Waals surface area (Å²) in [5, 5.41) is 0. The summed E-state index contributed by atoms with van der Waals surface area (Å²) in [5.74, 6) is 0. The molecule has 1 aliphatic rings. The fraction of sp³-hybridized carbons (Fsp3) is 0.615. The Kier molecular flexibility index (Phi) is 4.31. The standard InChI is InChI=1S/C13H21N3/c14-7-1-2-10-16-11-3-4-13(16)12-5-8-15-9-6-12/h5-6,8-9,13H,1-4,7,10-11,14H2. The van der Waals surface area contributed by atoms with Crippen LogP contribution in [0, 0.1) is 0 Å². The number of nitrogens with zero attached hydrogens (tertiary/aromatic N) is 2. The predicted molar refractivity (Wildman–Crippen MR) is 66.1 cm³/mol. The summed E-state index contributed by atoms with van der Waals surface area (Å²) in [6.07, 6.45) is 8.75. The second kappa shape index (κ2) is 5.97. The van der Waals surface area contributed by atoms with Crippen LogP contribution in [0.15, 0.2) is 24.5 Å². The number of rotatable bonds is 5. The second-order valence-electron chi connectivity index (χ2n) is 4.47. The van der Waals surface area contributed by atoms with Gasteiger partial charge in [0.25, 0.3) is 0 Å². The number of hydrogen-bond donors (Lipinski definition) is 1. The Balaban J connectivity index is 1.93. The lowest BCUT2D eigenvalue weighted by Crippen LogP contribution is -2.24. The molecule has 0 saturated carbocycles. The van der Waals surface area contributed by atoms with Gasteiger partial charge in [-0.1, -0.05) is 0 Å². The summed E-state index contributed by atoms with van der Waals surface area (Å²) in [7, 11) is 0. The van der Waals surface area contributed by atoms with Crippen LogP contribution in [-0.4, -0.2) is 29.5 Å². The Bertz CT molecular complexity index is 299. The van der Waals surface area contributed by atoms with Crippen molar-refractivity contribution in [3.05, 3.63) is 30.1 Å². The number of pyridine rings is 1. The molecule has 1 atom stereocenters. The van der Waals surface area contributed by atoms with Gasteiger partial charge in [0.15, 0.2) is 0 Å². The fourth-order valence-corrected chi connectivity index (χ4v) is 2.52. The predicted octanol–water partition coefficient (Wildman–Crippen LogP) is 1.96. The zero-order valence-electron chi connectivity index (χ0n) is 9.81. The quantitative estimate of drug-likeness (QED) is 0.770. The normalized spacial score (nSPS) is 21.4. The molecule has 0 spiro atoms. The van der Waals surface area contributed by atoms with Gasteiger partial charge in [0.2, 0.25) is 0 Å². The lowest BCUT2D eigenvalue weighted by Gasteiger charge is -2.24. The molecule has 1 saturated heterocycles. The van der Waals surface area contributed by atoms with Crippen LogP contribution in [-0.2, 0) is 0 Å². The third-order valence-electron chi connectivity index (χ3n) is 3.35. The van der Waals surface area contributed by atoms with E-state index in [1.807, 2.05) is 12.4 Å². The molecule has 1 unspecified atom stereocenters. The molecule has 1 aliphatic heterocycles. The van der Waals surface area contributed by atoms with Gasteiger partial charge in [-0.25, -0.2) is 0 Å². The lowest BCUT2D eigenvalue weighted by molar-refractivity contribution is 0.252. The maximum atomic E-state index is 5.53. The van der Waals surface area contributed by atoms with E-state index in [2.05, 4.69) is 22.0 Å². The first kappa shape index (κ1) is 11.6. The number of hydrogen-bond acceptors (Lipinski definition) is 3. The van der Waals surface area contributed by atoms with Crippen LogP contribution in [0.2, 0.25) is 0 Å². The topological polar surface area (TPSA) is 42.1 Å². The van der Waals surface area contributed by atoms with Crippen molar-refractivity contribution in [2.45, 2.75) is 31.7 Å². The van der Waals surface area contributed by atoms with E-state index in [4.69, 9.17) is 5.73 Å². The molecule has 0 bridgehead atoms. The monoisotopic (exact) mass is 219 g/mol. The maximum Gasteiger partial charge on any atom is 0.0349 e. The Labute approximate surface area is 97.7 Å². The van der Waals surface area contributed by atoms with Crippen LogP contribution in [0.4, 0.5) is 0 Å². The zero-order valence-corrected chi connectivity index (χ0v) is 9.81. The van der Waals surface area contributed by atoms with E-state index < -0.39 is 0 Å². The average molecular weight is 219 g/mol. The van der Waals surface area contributed by atoms with Gasteiger partial charge >= 0.3 is 0 Å². The highest BCUT2D eigenvalue weighted by Crippen LogP contribution is 2.31. The highest BCUT2D eigenvalue weighted by molar-refractivity contribution is 5.16. The van der Waals surface area contributed by atoms with Crippen LogP contribution in [0.3, 0.4) is 0 Å².